The molecule has 1 fully saturated rings. The average molecular weight is 276 g/mol. The van der Waals surface area contributed by atoms with Crippen molar-refractivity contribution in [1.82, 2.24) is 4.90 Å². The summed E-state index contributed by atoms with van der Waals surface area (Å²) in [6.07, 6.45) is 9.37. The molecule has 2 N–H and O–H groups in total. The van der Waals surface area contributed by atoms with E-state index in [4.69, 9.17) is 5.73 Å². The molecule has 2 amide bonds. The predicted molar refractivity (Wildman–Crippen MR) is 78.7 cm³/mol. The van der Waals surface area contributed by atoms with E-state index >= 15 is 0 Å². The van der Waals surface area contributed by atoms with Gasteiger partial charge in [-0.15, -0.1) is 0 Å². The summed E-state index contributed by atoms with van der Waals surface area (Å²) in [7, 11) is 0. The van der Waals surface area contributed by atoms with Crippen molar-refractivity contribution in [1.29, 1.82) is 0 Å². The topological polar surface area (TPSA) is 63.4 Å². The highest BCUT2D eigenvalue weighted by Crippen LogP contribution is 2.42. The van der Waals surface area contributed by atoms with E-state index in [0.29, 0.717) is 6.42 Å². The smallest absolute Gasteiger partial charge is 0.225 e. The van der Waals surface area contributed by atoms with Gasteiger partial charge in [-0.25, -0.2) is 0 Å². The SMILES string of the molecule is CC1=CC=CC(C(N)=O)C1(C)CC(=O)N1CCCCC1. The molecule has 2 atom stereocenters. The van der Waals surface area contributed by atoms with Crippen LogP contribution in [0.5, 0.6) is 0 Å². The number of nitrogens with zero attached hydrogens (tertiary/aromatic N) is 1. The van der Waals surface area contributed by atoms with Crippen LogP contribution < -0.4 is 5.73 Å². The Hall–Kier alpha value is -1.58. The van der Waals surface area contributed by atoms with E-state index in [9.17, 15) is 9.59 Å². The van der Waals surface area contributed by atoms with Crippen LogP contribution in [0.25, 0.3) is 0 Å². The monoisotopic (exact) mass is 276 g/mol. The second-order valence-electron chi connectivity index (χ2n) is 6.15. The van der Waals surface area contributed by atoms with Crippen molar-refractivity contribution in [2.75, 3.05) is 13.1 Å². The van der Waals surface area contributed by atoms with Gasteiger partial charge in [-0.3, -0.25) is 9.59 Å². The van der Waals surface area contributed by atoms with E-state index in [1.165, 1.54) is 6.42 Å². The van der Waals surface area contributed by atoms with Crippen molar-refractivity contribution < 1.29 is 9.59 Å². The summed E-state index contributed by atoms with van der Waals surface area (Å²) in [5.74, 6) is -0.620. The molecule has 2 unspecified atom stereocenters. The quantitative estimate of drug-likeness (QED) is 0.857. The molecule has 0 aromatic rings. The molecule has 0 aromatic heterocycles. The van der Waals surface area contributed by atoms with E-state index in [0.717, 1.165) is 31.5 Å². The fourth-order valence-corrected chi connectivity index (χ4v) is 3.19. The van der Waals surface area contributed by atoms with Gasteiger partial charge < -0.3 is 10.6 Å². The minimum atomic E-state index is -0.491. The third kappa shape index (κ3) is 2.79. The largest absolute Gasteiger partial charge is 0.369 e. The third-order valence-corrected chi connectivity index (χ3v) is 4.77. The number of hydrogen-bond donors (Lipinski definition) is 1. The van der Waals surface area contributed by atoms with Crippen molar-refractivity contribution in [3.63, 3.8) is 0 Å². The van der Waals surface area contributed by atoms with E-state index in [1.807, 2.05) is 37.0 Å². The standard InChI is InChI=1S/C16H24N2O2/c1-12-7-6-8-13(15(17)20)16(12,2)11-14(19)18-9-4-3-5-10-18/h6-8,13H,3-5,9-11H2,1-2H3,(H2,17,20). The van der Waals surface area contributed by atoms with Crippen LogP contribution in [-0.4, -0.2) is 29.8 Å². The van der Waals surface area contributed by atoms with Gasteiger partial charge in [0.05, 0.1) is 5.92 Å². The molecule has 0 radical (unpaired) electrons. The summed E-state index contributed by atoms with van der Waals surface area (Å²) in [6, 6.07) is 0. The number of carbonyl (C=O) groups excluding carboxylic acids is 2. The average Bonchev–Trinajstić information content (AvgIpc) is 2.42. The van der Waals surface area contributed by atoms with Gasteiger partial charge in [0.1, 0.15) is 0 Å². The summed E-state index contributed by atoms with van der Waals surface area (Å²) in [5, 5.41) is 0. The highest BCUT2D eigenvalue weighted by Gasteiger charge is 2.41. The molecular weight excluding hydrogens is 252 g/mol. The van der Waals surface area contributed by atoms with Gasteiger partial charge in [0.15, 0.2) is 0 Å². The first-order valence-electron chi connectivity index (χ1n) is 7.38. The van der Waals surface area contributed by atoms with Crippen molar-refractivity contribution in [3.8, 4) is 0 Å². The van der Waals surface area contributed by atoms with Gasteiger partial charge in [-0.1, -0.05) is 30.7 Å². The van der Waals surface area contributed by atoms with Crippen LogP contribution in [-0.2, 0) is 9.59 Å². The normalized spacial score (nSPS) is 30.0. The van der Waals surface area contributed by atoms with Crippen LogP contribution in [0, 0.1) is 11.3 Å². The molecule has 1 aliphatic carbocycles. The second-order valence-corrected chi connectivity index (χ2v) is 6.15. The van der Waals surface area contributed by atoms with Crippen molar-refractivity contribution in [3.05, 3.63) is 23.8 Å². The van der Waals surface area contributed by atoms with Gasteiger partial charge in [0, 0.05) is 24.9 Å². The first kappa shape index (κ1) is 14.8. The molecule has 4 heteroatoms. The molecule has 1 saturated heterocycles. The second kappa shape index (κ2) is 5.81. The summed E-state index contributed by atoms with van der Waals surface area (Å²) in [5.41, 5.74) is 6.08. The molecule has 0 aromatic carbocycles. The number of rotatable bonds is 3. The predicted octanol–water partition coefficient (Wildman–Crippen LogP) is 2.01. The maximum absolute atomic E-state index is 12.5. The molecule has 0 saturated carbocycles. The van der Waals surface area contributed by atoms with Crippen molar-refractivity contribution in [2.24, 2.45) is 17.1 Å². The van der Waals surface area contributed by atoms with Crippen LogP contribution in [0.4, 0.5) is 0 Å². The highest BCUT2D eigenvalue weighted by atomic mass is 16.2. The lowest BCUT2D eigenvalue weighted by atomic mass is 9.66. The van der Waals surface area contributed by atoms with Gasteiger partial charge in [-0.05, 0) is 26.2 Å². The lowest BCUT2D eigenvalue weighted by molar-refractivity contribution is -0.135. The maximum atomic E-state index is 12.5. The summed E-state index contributed by atoms with van der Waals surface area (Å²) < 4.78 is 0. The fourth-order valence-electron chi connectivity index (χ4n) is 3.19. The Balaban J connectivity index is 2.15. The molecule has 0 spiro atoms. The maximum Gasteiger partial charge on any atom is 0.225 e. The van der Waals surface area contributed by atoms with Gasteiger partial charge in [0.25, 0.3) is 0 Å². The number of carbonyl (C=O) groups is 2. The first-order chi connectivity index (χ1) is 9.45. The van der Waals surface area contributed by atoms with Crippen molar-refractivity contribution >= 4 is 11.8 Å². The number of amides is 2. The molecule has 0 bridgehead atoms. The lowest BCUT2D eigenvalue weighted by Gasteiger charge is -2.39. The van der Waals surface area contributed by atoms with E-state index in [2.05, 4.69) is 0 Å². The first-order valence-corrected chi connectivity index (χ1v) is 7.38. The van der Waals surface area contributed by atoms with Crippen LogP contribution in [0.2, 0.25) is 0 Å². The summed E-state index contributed by atoms with van der Waals surface area (Å²) >= 11 is 0. The zero-order chi connectivity index (χ0) is 14.8. The molecule has 4 nitrogen and oxygen atoms in total. The Morgan fingerprint density at radius 1 is 1.35 bits per heavy atom. The van der Waals surface area contributed by atoms with Crippen LogP contribution in [0.3, 0.4) is 0 Å². The Morgan fingerprint density at radius 2 is 2.00 bits per heavy atom. The number of likely N-dealkylation sites (tertiary alicyclic amines) is 1. The Morgan fingerprint density at radius 3 is 2.60 bits per heavy atom. The molecular formula is C16H24N2O2. The van der Waals surface area contributed by atoms with Crippen LogP contribution >= 0.6 is 0 Å². The molecule has 1 heterocycles. The van der Waals surface area contributed by atoms with Gasteiger partial charge >= 0.3 is 0 Å². The van der Waals surface area contributed by atoms with Crippen LogP contribution in [0.1, 0.15) is 39.5 Å². The summed E-state index contributed by atoms with van der Waals surface area (Å²) in [6.45, 7) is 5.63. The molecule has 2 aliphatic rings. The minimum Gasteiger partial charge on any atom is -0.369 e. The Kier molecular flexibility index (Phi) is 4.31. The Bertz CT molecular complexity index is 461. The fraction of sp³-hybridized carbons (Fsp3) is 0.625. The highest BCUT2D eigenvalue weighted by molar-refractivity contribution is 5.83. The summed E-state index contributed by atoms with van der Waals surface area (Å²) in [4.78, 5) is 26.1. The molecule has 2 rings (SSSR count). The van der Waals surface area contributed by atoms with Gasteiger partial charge in [0.2, 0.25) is 11.8 Å². The third-order valence-electron chi connectivity index (χ3n) is 4.77. The number of piperidine rings is 1. The zero-order valence-electron chi connectivity index (χ0n) is 12.4. The number of hydrogen-bond acceptors (Lipinski definition) is 2. The number of primary amides is 1. The van der Waals surface area contributed by atoms with E-state index in [1.54, 1.807) is 0 Å². The Labute approximate surface area is 120 Å². The molecule has 1 aliphatic heterocycles. The molecule has 20 heavy (non-hydrogen) atoms. The molecule has 110 valence electrons. The van der Waals surface area contributed by atoms with E-state index in [-0.39, 0.29) is 11.8 Å². The number of nitrogens with two attached hydrogens (primary N) is 1. The van der Waals surface area contributed by atoms with Gasteiger partial charge in [-0.2, -0.15) is 0 Å². The number of allylic oxidation sites excluding steroid dienone is 3. The van der Waals surface area contributed by atoms with Crippen molar-refractivity contribution in [2.45, 2.75) is 39.5 Å². The van der Waals surface area contributed by atoms with Crippen LogP contribution in [0.15, 0.2) is 23.8 Å². The minimum absolute atomic E-state index is 0.140. The van der Waals surface area contributed by atoms with E-state index < -0.39 is 11.3 Å². The zero-order valence-corrected chi connectivity index (χ0v) is 12.4. The lowest BCUT2D eigenvalue weighted by Crippen LogP contribution is -2.44.